The summed E-state index contributed by atoms with van der Waals surface area (Å²) in [5, 5.41) is 0. The Morgan fingerprint density at radius 2 is 1.62 bits per heavy atom. The maximum atomic E-state index is 13.1. The van der Waals surface area contributed by atoms with Crippen molar-refractivity contribution in [3.8, 4) is 0 Å². The van der Waals surface area contributed by atoms with Gasteiger partial charge >= 0.3 is 5.97 Å². The molecule has 0 spiro atoms. The standard InChI is InChI=1S/C25H22BrNO5/c26-17-8-6-15(7-9-17)20(28)13-32-21(29)12-27-24(30)22-16-10-18(14-4-2-1-3-5-14)19(11-16)23(22)25(27)31/h1-9,16,18-19,22-23H,10-13H2/t16-,18+,19-,22+,23+/m0/s1. The second kappa shape index (κ2) is 8.28. The van der Waals surface area contributed by atoms with Crippen LogP contribution in [0.25, 0.3) is 0 Å². The van der Waals surface area contributed by atoms with Crippen LogP contribution in [0, 0.1) is 23.7 Å². The molecule has 164 valence electrons. The molecule has 32 heavy (non-hydrogen) atoms. The number of carbonyl (C=O) groups is 4. The molecule has 1 saturated heterocycles. The fourth-order valence-electron chi connectivity index (χ4n) is 5.80. The molecule has 1 aliphatic heterocycles. The van der Waals surface area contributed by atoms with Gasteiger partial charge in [-0.1, -0.05) is 58.4 Å². The molecule has 3 aliphatic rings. The van der Waals surface area contributed by atoms with E-state index < -0.39 is 19.1 Å². The minimum absolute atomic E-state index is 0.129. The third kappa shape index (κ3) is 3.58. The van der Waals surface area contributed by atoms with Gasteiger partial charge in [0.05, 0.1) is 11.8 Å². The number of fused-ring (bicyclic) bond motifs is 5. The first-order valence-electron chi connectivity index (χ1n) is 10.8. The molecule has 3 fully saturated rings. The SMILES string of the molecule is O=C(CN1C(=O)[C@@H]2[C@@H]3C[C@H]([C@H]2C1=O)[C@@H](c1ccccc1)C3)OCC(=O)c1ccc(Br)cc1. The van der Waals surface area contributed by atoms with E-state index in [9.17, 15) is 19.2 Å². The van der Waals surface area contributed by atoms with Crippen LogP contribution in [0.4, 0.5) is 0 Å². The zero-order valence-electron chi connectivity index (χ0n) is 17.3. The van der Waals surface area contributed by atoms with Crippen LogP contribution in [0.1, 0.15) is 34.7 Å². The van der Waals surface area contributed by atoms with E-state index in [1.54, 1.807) is 24.3 Å². The van der Waals surface area contributed by atoms with Crippen LogP contribution >= 0.6 is 15.9 Å². The van der Waals surface area contributed by atoms with Gasteiger partial charge in [-0.25, -0.2) is 0 Å². The van der Waals surface area contributed by atoms with Gasteiger partial charge in [-0.3, -0.25) is 24.1 Å². The van der Waals surface area contributed by atoms with Gasteiger partial charge in [-0.2, -0.15) is 0 Å². The van der Waals surface area contributed by atoms with E-state index in [1.165, 1.54) is 5.56 Å². The van der Waals surface area contributed by atoms with E-state index in [4.69, 9.17) is 4.74 Å². The van der Waals surface area contributed by atoms with Crippen LogP contribution in [0.2, 0.25) is 0 Å². The molecule has 0 aromatic heterocycles. The van der Waals surface area contributed by atoms with Gasteiger partial charge in [-0.15, -0.1) is 0 Å². The second-order valence-corrected chi connectivity index (χ2v) is 9.73. The highest BCUT2D eigenvalue weighted by Crippen LogP contribution is 2.61. The lowest BCUT2D eigenvalue weighted by Crippen LogP contribution is -2.38. The number of likely N-dealkylation sites (tertiary alicyclic amines) is 1. The number of hydrogen-bond donors (Lipinski definition) is 0. The summed E-state index contributed by atoms with van der Waals surface area (Å²) >= 11 is 3.30. The number of Topliss-reactive ketones (excluding diaryl/α,β-unsaturated/α-hetero) is 1. The van der Waals surface area contributed by atoms with Crippen molar-refractivity contribution < 1.29 is 23.9 Å². The Morgan fingerprint density at radius 1 is 0.938 bits per heavy atom. The van der Waals surface area contributed by atoms with Crippen LogP contribution in [-0.2, 0) is 19.1 Å². The maximum Gasteiger partial charge on any atom is 0.326 e. The molecule has 7 heteroatoms. The van der Waals surface area contributed by atoms with Crippen molar-refractivity contribution in [1.82, 2.24) is 4.90 Å². The lowest BCUT2D eigenvalue weighted by atomic mass is 9.73. The van der Waals surface area contributed by atoms with Crippen molar-refractivity contribution in [2.75, 3.05) is 13.2 Å². The monoisotopic (exact) mass is 495 g/mol. The number of ether oxygens (including phenoxy) is 1. The van der Waals surface area contributed by atoms with E-state index >= 15 is 0 Å². The summed E-state index contributed by atoms with van der Waals surface area (Å²) in [6.45, 7) is -0.862. The van der Waals surface area contributed by atoms with Crippen LogP contribution in [-0.4, -0.2) is 41.6 Å². The first-order chi connectivity index (χ1) is 15.4. The van der Waals surface area contributed by atoms with E-state index in [-0.39, 0.29) is 47.2 Å². The fourth-order valence-corrected chi connectivity index (χ4v) is 6.06. The average Bonchev–Trinajstić information content (AvgIpc) is 3.46. The van der Waals surface area contributed by atoms with E-state index in [2.05, 4.69) is 28.1 Å². The third-order valence-corrected chi connectivity index (χ3v) is 7.68. The van der Waals surface area contributed by atoms with Gasteiger partial charge in [0, 0.05) is 10.0 Å². The molecule has 2 aromatic rings. The smallest absolute Gasteiger partial charge is 0.326 e. The number of amides is 2. The molecule has 0 N–H and O–H groups in total. The molecule has 2 aromatic carbocycles. The van der Waals surface area contributed by atoms with E-state index in [1.807, 2.05) is 18.2 Å². The van der Waals surface area contributed by atoms with E-state index in [0.29, 0.717) is 5.56 Å². The number of imide groups is 1. The molecule has 5 atom stereocenters. The van der Waals surface area contributed by atoms with Gasteiger partial charge in [0.15, 0.2) is 12.4 Å². The minimum Gasteiger partial charge on any atom is -0.456 e. The zero-order chi connectivity index (χ0) is 22.4. The average molecular weight is 496 g/mol. The zero-order valence-corrected chi connectivity index (χ0v) is 18.9. The molecule has 6 nitrogen and oxygen atoms in total. The fraction of sp³-hybridized carbons (Fsp3) is 0.360. The Morgan fingerprint density at radius 3 is 2.34 bits per heavy atom. The van der Waals surface area contributed by atoms with Gasteiger partial charge < -0.3 is 4.74 Å². The second-order valence-electron chi connectivity index (χ2n) is 8.82. The molecule has 0 radical (unpaired) electrons. The third-order valence-electron chi connectivity index (χ3n) is 7.15. The van der Waals surface area contributed by atoms with Gasteiger partial charge in [-0.05, 0) is 48.3 Å². The lowest BCUT2D eigenvalue weighted by Gasteiger charge is -2.28. The number of benzene rings is 2. The van der Waals surface area contributed by atoms with Crippen LogP contribution in [0.5, 0.6) is 0 Å². The maximum absolute atomic E-state index is 13.1. The molecular formula is C25H22BrNO5. The highest BCUT2D eigenvalue weighted by atomic mass is 79.9. The van der Waals surface area contributed by atoms with Gasteiger partial charge in [0.1, 0.15) is 6.54 Å². The molecule has 2 saturated carbocycles. The number of ketones is 1. The number of nitrogens with zero attached hydrogens (tertiary/aromatic N) is 1. The van der Waals surface area contributed by atoms with Crippen LogP contribution in [0.15, 0.2) is 59.1 Å². The van der Waals surface area contributed by atoms with Crippen molar-refractivity contribution in [1.29, 1.82) is 0 Å². The summed E-state index contributed by atoms with van der Waals surface area (Å²) < 4.78 is 5.92. The number of halogens is 1. The summed E-state index contributed by atoms with van der Waals surface area (Å²) in [5.41, 5.74) is 1.63. The van der Waals surface area contributed by atoms with Crippen molar-refractivity contribution >= 4 is 39.5 Å². The molecule has 2 amide bonds. The minimum atomic E-state index is -0.746. The molecule has 0 unspecified atom stereocenters. The number of hydrogen-bond acceptors (Lipinski definition) is 5. The Kier molecular flexibility index (Phi) is 5.45. The highest BCUT2D eigenvalue weighted by molar-refractivity contribution is 9.10. The Balaban J connectivity index is 1.22. The summed E-state index contributed by atoms with van der Waals surface area (Å²) in [4.78, 5) is 51.7. The highest BCUT2D eigenvalue weighted by Gasteiger charge is 2.64. The molecule has 5 rings (SSSR count). The molecular weight excluding hydrogens is 474 g/mol. The molecule has 1 heterocycles. The Hall–Kier alpha value is -2.80. The molecule has 2 aliphatic carbocycles. The molecule has 2 bridgehead atoms. The summed E-state index contributed by atoms with van der Waals surface area (Å²) in [6.07, 6.45) is 1.78. The normalized spacial score (nSPS) is 28.2. The first-order valence-corrected chi connectivity index (χ1v) is 11.6. The van der Waals surface area contributed by atoms with Crippen molar-refractivity contribution in [3.63, 3.8) is 0 Å². The Bertz CT molecular complexity index is 1080. The first kappa shape index (κ1) is 21.1. The predicted octanol–water partition coefficient (Wildman–Crippen LogP) is 3.60. The summed E-state index contributed by atoms with van der Waals surface area (Å²) in [7, 11) is 0. The van der Waals surface area contributed by atoms with Crippen molar-refractivity contribution in [2.45, 2.75) is 18.8 Å². The van der Waals surface area contributed by atoms with Gasteiger partial charge in [0.2, 0.25) is 11.8 Å². The van der Waals surface area contributed by atoms with Gasteiger partial charge in [0.25, 0.3) is 0 Å². The predicted molar refractivity (Wildman–Crippen MR) is 119 cm³/mol. The lowest BCUT2D eigenvalue weighted by molar-refractivity contribution is -0.152. The van der Waals surface area contributed by atoms with Crippen LogP contribution < -0.4 is 0 Å². The summed E-state index contributed by atoms with van der Waals surface area (Å²) in [6, 6.07) is 16.9. The quantitative estimate of drug-likeness (QED) is 0.347. The Labute approximate surface area is 194 Å². The largest absolute Gasteiger partial charge is 0.456 e. The summed E-state index contributed by atoms with van der Waals surface area (Å²) in [5.74, 6) is -1.74. The number of carbonyl (C=O) groups excluding carboxylic acids is 4. The van der Waals surface area contributed by atoms with E-state index in [0.717, 1.165) is 22.2 Å². The topological polar surface area (TPSA) is 80.8 Å². The number of esters is 1. The number of rotatable bonds is 6. The van der Waals surface area contributed by atoms with Crippen molar-refractivity contribution in [3.05, 3.63) is 70.2 Å². The van der Waals surface area contributed by atoms with Crippen molar-refractivity contribution in [2.24, 2.45) is 23.7 Å². The van der Waals surface area contributed by atoms with Crippen LogP contribution in [0.3, 0.4) is 0 Å².